The molecule has 0 aliphatic rings. The fourth-order valence-electron chi connectivity index (χ4n) is 1.71. The fourth-order valence-corrected chi connectivity index (χ4v) is 2.35. The number of thioether (sulfide) groups is 1. The first-order valence-corrected chi connectivity index (χ1v) is 7.55. The zero-order chi connectivity index (χ0) is 15.2. The summed E-state index contributed by atoms with van der Waals surface area (Å²) in [5.74, 6) is 1.55. The maximum absolute atomic E-state index is 11.7. The van der Waals surface area contributed by atoms with Crippen molar-refractivity contribution in [2.24, 2.45) is 0 Å². The minimum atomic E-state index is -0.0839. The third-order valence-corrected chi connectivity index (χ3v) is 3.68. The molecule has 1 N–H and O–H groups in total. The number of hydrogen-bond donors (Lipinski definition) is 1. The molecule has 22 heavy (non-hydrogen) atoms. The summed E-state index contributed by atoms with van der Waals surface area (Å²) in [6.07, 6.45) is 5.04. The zero-order valence-corrected chi connectivity index (χ0v) is 12.4. The standard InChI is InChI=1S/C14H13N5O2S/c20-13(15-9-11-3-1-8-21-11)10-22-14-5-4-12(17-18-14)19-7-2-6-16-19/h1-8H,9-10H2,(H,15,20). The maximum Gasteiger partial charge on any atom is 0.230 e. The summed E-state index contributed by atoms with van der Waals surface area (Å²) in [5, 5.41) is 15.7. The van der Waals surface area contributed by atoms with Gasteiger partial charge in [0.25, 0.3) is 0 Å². The van der Waals surface area contributed by atoms with Crippen LogP contribution in [0, 0.1) is 0 Å². The zero-order valence-electron chi connectivity index (χ0n) is 11.5. The monoisotopic (exact) mass is 315 g/mol. The van der Waals surface area contributed by atoms with Crippen molar-refractivity contribution in [3.05, 3.63) is 54.7 Å². The lowest BCUT2D eigenvalue weighted by Gasteiger charge is -2.03. The van der Waals surface area contributed by atoms with Gasteiger partial charge in [0.15, 0.2) is 5.82 Å². The lowest BCUT2D eigenvalue weighted by molar-refractivity contribution is -0.118. The Bertz CT molecular complexity index is 710. The molecule has 112 valence electrons. The Labute approximate surface area is 130 Å². The predicted molar refractivity (Wildman–Crippen MR) is 80.4 cm³/mol. The van der Waals surface area contributed by atoms with Gasteiger partial charge in [-0.1, -0.05) is 11.8 Å². The number of amides is 1. The van der Waals surface area contributed by atoms with Crippen molar-refractivity contribution in [3.8, 4) is 5.82 Å². The van der Waals surface area contributed by atoms with E-state index in [-0.39, 0.29) is 11.7 Å². The molecular formula is C14H13N5O2S. The number of nitrogens with one attached hydrogen (secondary N) is 1. The molecule has 0 atom stereocenters. The highest BCUT2D eigenvalue weighted by Gasteiger charge is 2.06. The number of carbonyl (C=O) groups excluding carboxylic acids is 1. The van der Waals surface area contributed by atoms with Crippen molar-refractivity contribution < 1.29 is 9.21 Å². The Hall–Kier alpha value is -2.61. The second-order valence-corrected chi connectivity index (χ2v) is 5.32. The Balaban J connectivity index is 1.48. The number of nitrogens with zero attached hydrogens (tertiary/aromatic N) is 4. The molecule has 3 heterocycles. The average molecular weight is 315 g/mol. The number of rotatable bonds is 6. The van der Waals surface area contributed by atoms with E-state index < -0.39 is 0 Å². The van der Waals surface area contributed by atoms with Gasteiger partial charge in [0.1, 0.15) is 10.8 Å². The second kappa shape index (κ2) is 6.90. The lowest BCUT2D eigenvalue weighted by atomic mass is 10.4. The van der Waals surface area contributed by atoms with Gasteiger partial charge in [0, 0.05) is 12.4 Å². The van der Waals surface area contributed by atoms with Crippen LogP contribution in [0.2, 0.25) is 0 Å². The highest BCUT2D eigenvalue weighted by atomic mass is 32.2. The smallest absolute Gasteiger partial charge is 0.230 e. The summed E-state index contributed by atoms with van der Waals surface area (Å²) in [4.78, 5) is 11.7. The molecule has 0 spiro atoms. The van der Waals surface area contributed by atoms with Crippen LogP contribution in [0.4, 0.5) is 0 Å². The molecule has 0 unspecified atom stereocenters. The molecule has 1 amide bonds. The van der Waals surface area contributed by atoms with Crippen molar-refractivity contribution in [2.45, 2.75) is 11.6 Å². The van der Waals surface area contributed by atoms with E-state index in [0.717, 1.165) is 5.76 Å². The molecule has 0 radical (unpaired) electrons. The Morgan fingerprint density at radius 3 is 2.91 bits per heavy atom. The predicted octanol–water partition coefficient (Wildman–Crippen LogP) is 1.66. The highest BCUT2D eigenvalue weighted by Crippen LogP contribution is 2.14. The number of furan rings is 1. The molecule has 0 fully saturated rings. The van der Waals surface area contributed by atoms with Gasteiger partial charge in [-0.15, -0.1) is 10.2 Å². The maximum atomic E-state index is 11.7. The van der Waals surface area contributed by atoms with E-state index in [0.29, 0.717) is 17.4 Å². The van der Waals surface area contributed by atoms with Crippen molar-refractivity contribution in [1.82, 2.24) is 25.3 Å². The van der Waals surface area contributed by atoms with Crippen LogP contribution < -0.4 is 5.32 Å². The van der Waals surface area contributed by atoms with Gasteiger partial charge in [-0.3, -0.25) is 4.79 Å². The Morgan fingerprint density at radius 2 is 2.23 bits per heavy atom. The summed E-state index contributed by atoms with van der Waals surface area (Å²) in [6.45, 7) is 0.385. The summed E-state index contributed by atoms with van der Waals surface area (Å²) in [6, 6.07) is 9.03. The molecule has 3 rings (SSSR count). The topological polar surface area (TPSA) is 85.8 Å². The van der Waals surface area contributed by atoms with Crippen molar-refractivity contribution in [2.75, 3.05) is 5.75 Å². The molecular weight excluding hydrogens is 302 g/mol. The first-order chi connectivity index (χ1) is 10.8. The fraction of sp³-hybridized carbons (Fsp3) is 0.143. The molecule has 3 aromatic rings. The number of aromatic nitrogens is 4. The number of carbonyl (C=O) groups is 1. The lowest BCUT2D eigenvalue weighted by Crippen LogP contribution is -2.24. The van der Waals surface area contributed by atoms with Crippen molar-refractivity contribution in [3.63, 3.8) is 0 Å². The van der Waals surface area contributed by atoms with Crippen LogP contribution in [0.25, 0.3) is 5.82 Å². The van der Waals surface area contributed by atoms with Crippen LogP contribution in [0.5, 0.6) is 0 Å². The Morgan fingerprint density at radius 1 is 1.27 bits per heavy atom. The van der Waals surface area contributed by atoms with Crippen LogP contribution in [0.15, 0.2) is 58.4 Å². The average Bonchev–Trinajstić information content (AvgIpc) is 3.24. The molecule has 0 bridgehead atoms. The third-order valence-electron chi connectivity index (χ3n) is 2.76. The van der Waals surface area contributed by atoms with Gasteiger partial charge in [0.05, 0.1) is 18.6 Å². The summed E-state index contributed by atoms with van der Waals surface area (Å²) < 4.78 is 6.77. The van der Waals surface area contributed by atoms with Gasteiger partial charge >= 0.3 is 0 Å². The van der Waals surface area contributed by atoms with E-state index in [1.807, 2.05) is 24.3 Å². The van der Waals surface area contributed by atoms with Crippen LogP contribution in [0.1, 0.15) is 5.76 Å². The molecule has 0 aliphatic carbocycles. The quantitative estimate of drug-likeness (QED) is 0.696. The van der Waals surface area contributed by atoms with Gasteiger partial charge in [-0.2, -0.15) is 5.10 Å². The first-order valence-electron chi connectivity index (χ1n) is 6.57. The summed E-state index contributed by atoms with van der Waals surface area (Å²) in [7, 11) is 0. The molecule has 0 saturated carbocycles. The van der Waals surface area contributed by atoms with E-state index in [1.54, 1.807) is 29.4 Å². The van der Waals surface area contributed by atoms with E-state index in [1.165, 1.54) is 11.8 Å². The Kier molecular flexibility index (Phi) is 4.50. The molecule has 0 aliphatic heterocycles. The first kappa shape index (κ1) is 14.3. The number of hydrogen-bond acceptors (Lipinski definition) is 6. The van der Waals surface area contributed by atoms with Crippen molar-refractivity contribution in [1.29, 1.82) is 0 Å². The highest BCUT2D eigenvalue weighted by molar-refractivity contribution is 7.99. The third kappa shape index (κ3) is 3.73. The van der Waals surface area contributed by atoms with Crippen LogP contribution in [0.3, 0.4) is 0 Å². The molecule has 7 nitrogen and oxygen atoms in total. The largest absolute Gasteiger partial charge is 0.467 e. The molecule has 3 aromatic heterocycles. The SMILES string of the molecule is O=C(CSc1ccc(-n2cccn2)nn1)NCc1ccco1. The molecule has 8 heteroatoms. The van der Waals surface area contributed by atoms with E-state index in [2.05, 4.69) is 20.6 Å². The minimum absolute atomic E-state index is 0.0839. The van der Waals surface area contributed by atoms with Gasteiger partial charge in [0.2, 0.25) is 5.91 Å². The minimum Gasteiger partial charge on any atom is -0.467 e. The van der Waals surface area contributed by atoms with E-state index in [9.17, 15) is 4.79 Å². The van der Waals surface area contributed by atoms with Crippen molar-refractivity contribution >= 4 is 17.7 Å². The summed E-state index contributed by atoms with van der Waals surface area (Å²) in [5.41, 5.74) is 0. The van der Waals surface area contributed by atoms with Crippen LogP contribution >= 0.6 is 11.8 Å². The van der Waals surface area contributed by atoms with Crippen LogP contribution in [-0.4, -0.2) is 31.6 Å². The van der Waals surface area contributed by atoms with Crippen LogP contribution in [-0.2, 0) is 11.3 Å². The normalized spacial score (nSPS) is 10.5. The van der Waals surface area contributed by atoms with Gasteiger partial charge < -0.3 is 9.73 Å². The van der Waals surface area contributed by atoms with E-state index in [4.69, 9.17) is 4.42 Å². The molecule has 0 aromatic carbocycles. The van der Waals surface area contributed by atoms with E-state index >= 15 is 0 Å². The summed E-state index contributed by atoms with van der Waals surface area (Å²) >= 11 is 1.33. The molecule has 0 saturated heterocycles. The van der Waals surface area contributed by atoms with Gasteiger partial charge in [-0.25, -0.2) is 4.68 Å². The second-order valence-electron chi connectivity index (χ2n) is 4.33. The van der Waals surface area contributed by atoms with Gasteiger partial charge in [-0.05, 0) is 30.3 Å².